The molecule has 29 heavy (non-hydrogen) atoms. The van der Waals surface area contributed by atoms with Crippen LogP contribution < -0.4 is 4.74 Å². The number of rotatable bonds is 9. The first-order chi connectivity index (χ1) is 13.9. The molecule has 0 spiro atoms. The van der Waals surface area contributed by atoms with E-state index in [1.165, 1.54) is 0 Å². The van der Waals surface area contributed by atoms with Crippen molar-refractivity contribution in [2.45, 2.75) is 36.5 Å². The topological polar surface area (TPSA) is 18.5 Å². The lowest BCUT2D eigenvalue weighted by molar-refractivity contribution is 0.0824. The van der Waals surface area contributed by atoms with E-state index in [1.807, 2.05) is 66.7 Å². The summed E-state index contributed by atoms with van der Waals surface area (Å²) in [6.45, 7) is 5.14. The number of hydrogen-bond acceptors (Lipinski definition) is 3. The Labute approximate surface area is 174 Å². The van der Waals surface area contributed by atoms with Crippen molar-refractivity contribution in [3.05, 3.63) is 90.0 Å². The molecule has 2 nitrogen and oxygen atoms in total. The second-order valence-corrected chi connectivity index (χ2v) is 8.41. The molecule has 0 N–H and O–H groups in total. The fraction of sp³-hybridized carbons (Fsp3) is 0.250. The predicted molar refractivity (Wildman–Crippen MR) is 114 cm³/mol. The summed E-state index contributed by atoms with van der Waals surface area (Å²) in [5.74, 6) is -0.845. The molecule has 0 aliphatic carbocycles. The van der Waals surface area contributed by atoms with Crippen molar-refractivity contribution in [1.82, 2.24) is 0 Å². The fourth-order valence-corrected chi connectivity index (χ4v) is 3.42. The zero-order chi connectivity index (χ0) is 20.7. The molecule has 0 aliphatic rings. The second-order valence-electron chi connectivity index (χ2n) is 7.34. The maximum absolute atomic E-state index is 12.5. The van der Waals surface area contributed by atoms with Crippen LogP contribution in [0.2, 0.25) is 0 Å². The van der Waals surface area contributed by atoms with E-state index in [4.69, 9.17) is 9.47 Å². The third-order valence-corrected chi connectivity index (χ3v) is 5.19. The zero-order valence-corrected chi connectivity index (χ0v) is 17.3. The zero-order valence-electron chi connectivity index (χ0n) is 16.5. The lowest BCUT2D eigenvalue weighted by Gasteiger charge is -2.25. The fourth-order valence-electron chi connectivity index (χ4n) is 2.92. The van der Waals surface area contributed by atoms with Gasteiger partial charge < -0.3 is 9.47 Å². The molecule has 0 saturated carbocycles. The minimum Gasteiger partial charge on any atom is -0.457 e. The van der Waals surface area contributed by atoms with Crippen molar-refractivity contribution in [2.75, 3.05) is 6.61 Å². The Hall–Kier alpha value is -2.37. The highest BCUT2D eigenvalue weighted by molar-refractivity contribution is 7.99. The molecular formula is C24H24F2O2S. The maximum Gasteiger partial charge on any atom is 0.288 e. The lowest BCUT2D eigenvalue weighted by Crippen LogP contribution is -2.24. The Morgan fingerprint density at radius 3 is 2.24 bits per heavy atom. The van der Waals surface area contributed by atoms with Crippen LogP contribution in [0.4, 0.5) is 8.78 Å². The van der Waals surface area contributed by atoms with Crippen LogP contribution in [0.1, 0.15) is 25.0 Å². The molecule has 3 rings (SSSR count). The summed E-state index contributed by atoms with van der Waals surface area (Å²) in [5.41, 5.74) is 1.85. The van der Waals surface area contributed by atoms with Gasteiger partial charge in [-0.2, -0.15) is 8.78 Å². The number of para-hydroxylation sites is 1. The third kappa shape index (κ3) is 6.58. The van der Waals surface area contributed by atoms with E-state index in [0.717, 1.165) is 22.6 Å². The van der Waals surface area contributed by atoms with Gasteiger partial charge in [-0.3, -0.25) is 0 Å². The number of thioether (sulfide) groups is 1. The summed E-state index contributed by atoms with van der Waals surface area (Å²) in [6, 6.07) is 24.7. The molecule has 0 fully saturated rings. The summed E-state index contributed by atoms with van der Waals surface area (Å²) in [7, 11) is 0. The molecule has 0 heterocycles. The van der Waals surface area contributed by atoms with Gasteiger partial charge in [0, 0.05) is 10.3 Å². The van der Waals surface area contributed by atoms with Gasteiger partial charge in [-0.05, 0) is 47.5 Å². The highest BCUT2D eigenvalue weighted by atomic mass is 32.2. The van der Waals surface area contributed by atoms with Gasteiger partial charge in [-0.15, -0.1) is 0 Å². The van der Waals surface area contributed by atoms with Crippen LogP contribution in [0.5, 0.6) is 11.5 Å². The highest BCUT2D eigenvalue weighted by Crippen LogP contribution is 2.29. The van der Waals surface area contributed by atoms with Crippen molar-refractivity contribution >= 4 is 11.8 Å². The second kappa shape index (κ2) is 9.90. The first-order valence-corrected chi connectivity index (χ1v) is 10.3. The first kappa shape index (κ1) is 21.3. The molecule has 3 aromatic carbocycles. The van der Waals surface area contributed by atoms with Gasteiger partial charge in [0.2, 0.25) is 0 Å². The molecule has 3 aromatic rings. The smallest absolute Gasteiger partial charge is 0.288 e. The molecular weight excluding hydrogens is 390 g/mol. The summed E-state index contributed by atoms with van der Waals surface area (Å²) in [4.78, 5) is 0.565. The Kier molecular flexibility index (Phi) is 7.29. The maximum atomic E-state index is 12.5. The van der Waals surface area contributed by atoms with Crippen LogP contribution in [0.15, 0.2) is 83.8 Å². The molecule has 0 amide bonds. The normalized spacial score (nSPS) is 11.6. The summed E-state index contributed by atoms with van der Waals surface area (Å²) < 4.78 is 36.8. The lowest BCUT2D eigenvalue weighted by atomic mass is 9.86. The number of alkyl halides is 2. The SMILES string of the molecule is CC(C)(COCc1cccc(Oc2ccccc2)c1)c1ccc(SC(F)F)cc1. The van der Waals surface area contributed by atoms with Crippen LogP contribution in [-0.2, 0) is 16.8 Å². The minimum absolute atomic E-state index is 0.230. The minimum atomic E-state index is -2.40. The van der Waals surface area contributed by atoms with Crippen molar-refractivity contribution in [2.24, 2.45) is 0 Å². The van der Waals surface area contributed by atoms with Crippen molar-refractivity contribution in [1.29, 1.82) is 0 Å². The number of ether oxygens (including phenoxy) is 2. The van der Waals surface area contributed by atoms with Crippen LogP contribution in [0, 0.1) is 0 Å². The Morgan fingerprint density at radius 1 is 0.862 bits per heavy atom. The van der Waals surface area contributed by atoms with E-state index in [1.54, 1.807) is 12.1 Å². The van der Waals surface area contributed by atoms with Crippen molar-refractivity contribution < 1.29 is 18.3 Å². The van der Waals surface area contributed by atoms with E-state index in [9.17, 15) is 8.78 Å². The molecule has 0 aliphatic heterocycles. The van der Waals surface area contributed by atoms with E-state index in [2.05, 4.69) is 13.8 Å². The Bertz CT molecular complexity index is 896. The first-order valence-electron chi connectivity index (χ1n) is 9.37. The predicted octanol–water partition coefficient (Wildman–Crippen LogP) is 7.29. The van der Waals surface area contributed by atoms with Crippen LogP contribution in [0.3, 0.4) is 0 Å². The summed E-state index contributed by atoms with van der Waals surface area (Å²) >= 11 is 0.558. The number of benzene rings is 3. The van der Waals surface area contributed by atoms with Crippen LogP contribution >= 0.6 is 11.8 Å². The Morgan fingerprint density at radius 2 is 1.55 bits per heavy atom. The molecule has 0 atom stereocenters. The van der Waals surface area contributed by atoms with Crippen molar-refractivity contribution in [3.8, 4) is 11.5 Å². The summed E-state index contributed by atoms with van der Waals surface area (Å²) in [5, 5.41) is 0. The average molecular weight is 415 g/mol. The molecule has 0 bridgehead atoms. The van der Waals surface area contributed by atoms with Crippen LogP contribution in [-0.4, -0.2) is 12.4 Å². The number of halogens is 2. The molecule has 0 saturated heterocycles. The monoisotopic (exact) mass is 414 g/mol. The molecule has 152 valence electrons. The van der Waals surface area contributed by atoms with E-state index < -0.39 is 5.76 Å². The highest BCUT2D eigenvalue weighted by Gasteiger charge is 2.21. The molecule has 0 unspecified atom stereocenters. The van der Waals surface area contributed by atoms with Gasteiger partial charge in [0.1, 0.15) is 11.5 Å². The summed E-state index contributed by atoms with van der Waals surface area (Å²) in [6.07, 6.45) is 0. The molecule has 5 heteroatoms. The van der Waals surface area contributed by atoms with E-state index >= 15 is 0 Å². The van der Waals surface area contributed by atoms with Gasteiger partial charge in [-0.1, -0.05) is 68.1 Å². The molecule has 0 aromatic heterocycles. The van der Waals surface area contributed by atoms with Crippen molar-refractivity contribution in [3.63, 3.8) is 0 Å². The van der Waals surface area contributed by atoms with Gasteiger partial charge in [0.05, 0.1) is 13.2 Å². The third-order valence-electron chi connectivity index (χ3n) is 4.47. The van der Waals surface area contributed by atoms with Gasteiger partial charge in [0.15, 0.2) is 0 Å². The van der Waals surface area contributed by atoms with Crippen LogP contribution in [0.25, 0.3) is 0 Å². The quantitative estimate of drug-likeness (QED) is 0.343. The largest absolute Gasteiger partial charge is 0.457 e. The van der Waals surface area contributed by atoms with Gasteiger partial charge >= 0.3 is 0 Å². The number of hydrogen-bond donors (Lipinski definition) is 0. The van der Waals surface area contributed by atoms with E-state index in [0.29, 0.717) is 29.9 Å². The van der Waals surface area contributed by atoms with E-state index in [-0.39, 0.29) is 5.41 Å². The Balaban J connectivity index is 1.55. The van der Waals surface area contributed by atoms with Gasteiger partial charge in [-0.25, -0.2) is 0 Å². The average Bonchev–Trinajstić information content (AvgIpc) is 2.69. The standard InChI is InChI=1S/C24H24F2O2S/c1-24(2,19-11-13-22(14-12-19)29-23(25)26)17-27-16-18-7-6-10-21(15-18)28-20-8-4-3-5-9-20/h3-15,23H,16-17H2,1-2H3. The molecule has 0 radical (unpaired) electrons. The van der Waals surface area contributed by atoms with Gasteiger partial charge in [0.25, 0.3) is 5.76 Å².